The molecule has 1 aromatic rings. The first-order valence-corrected chi connectivity index (χ1v) is 9.63. The van der Waals surface area contributed by atoms with Crippen molar-refractivity contribution in [1.29, 1.82) is 0 Å². The summed E-state index contributed by atoms with van der Waals surface area (Å²) in [6.45, 7) is 0.551. The molecule has 1 heterocycles. The lowest BCUT2D eigenvalue weighted by Gasteiger charge is -2.21. The van der Waals surface area contributed by atoms with Crippen molar-refractivity contribution in [3.8, 4) is 11.5 Å². The van der Waals surface area contributed by atoms with E-state index in [2.05, 4.69) is 5.32 Å². The minimum Gasteiger partial charge on any atom is -0.493 e. The molecule has 0 atom stereocenters. The van der Waals surface area contributed by atoms with Crippen molar-refractivity contribution in [3.05, 3.63) is 23.8 Å². The number of fused-ring (bicyclic) bond motifs is 1. The molecule has 0 aromatic heterocycles. The van der Waals surface area contributed by atoms with Gasteiger partial charge in [-0.25, -0.2) is 0 Å². The lowest BCUT2D eigenvalue weighted by Crippen LogP contribution is -2.22. The summed E-state index contributed by atoms with van der Waals surface area (Å²) in [5.74, 6) is 1.35. The van der Waals surface area contributed by atoms with Crippen LogP contribution in [-0.2, 0) is 9.59 Å². The van der Waals surface area contributed by atoms with Gasteiger partial charge in [0.1, 0.15) is 0 Å². The van der Waals surface area contributed by atoms with Crippen LogP contribution < -0.4 is 14.8 Å². The minimum absolute atomic E-state index is 0.120. The second kappa shape index (κ2) is 10.1. The Labute approximate surface area is 157 Å². The molecule has 0 saturated heterocycles. The Morgan fingerprint density at radius 2 is 1.92 bits per heavy atom. The Morgan fingerprint density at radius 3 is 2.62 bits per heavy atom. The van der Waals surface area contributed by atoms with E-state index in [0.29, 0.717) is 24.5 Å². The highest BCUT2D eigenvalue weighted by atomic mass is 32.2. The van der Waals surface area contributed by atoms with Crippen molar-refractivity contribution in [2.45, 2.75) is 37.0 Å². The van der Waals surface area contributed by atoms with Gasteiger partial charge in [-0.05, 0) is 42.5 Å². The van der Waals surface area contributed by atoms with Gasteiger partial charge >= 0.3 is 5.97 Å². The average Bonchev–Trinajstić information content (AvgIpc) is 2.63. The van der Waals surface area contributed by atoms with Crippen LogP contribution in [0.5, 0.6) is 11.5 Å². The summed E-state index contributed by atoms with van der Waals surface area (Å²) in [7, 11) is 3.21. The molecule has 7 heteroatoms. The molecule has 1 aromatic carbocycles. The van der Waals surface area contributed by atoms with Crippen molar-refractivity contribution in [2.75, 3.05) is 26.5 Å². The monoisotopic (exact) mass is 379 g/mol. The smallest absolute Gasteiger partial charge is 0.303 e. The van der Waals surface area contributed by atoms with Gasteiger partial charge in [-0.3, -0.25) is 9.59 Å². The highest BCUT2D eigenvalue weighted by Gasteiger charge is 2.19. The molecule has 1 amide bonds. The first-order chi connectivity index (χ1) is 12.5. The predicted molar refractivity (Wildman–Crippen MR) is 102 cm³/mol. The fourth-order valence-electron chi connectivity index (χ4n) is 2.79. The van der Waals surface area contributed by atoms with E-state index in [1.54, 1.807) is 32.1 Å². The summed E-state index contributed by atoms with van der Waals surface area (Å²) < 4.78 is 10.7. The third-order valence-electron chi connectivity index (χ3n) is 4.13. The number of aliphatic carboxylic acids is 1. The zero-order valence-corrected chi connectivity index (χ0v) is 16.0. The predicted octanol–water partition coefficient (Wildman–Crippen LogP) is 3.34. The van der Waals surface area contributed by atoms with E-state index < -0.39 is 5.97 Å². The van der Waals surface area contributed by atoms with Crippen molar-refractivity contribution in [3.63, 3.8) is 0 Å². The van der Waals surface area contributed by atoms with Crippen LogP contribution >= 0.6 is 11.8 Å². The van der Waals surface area contributed by atoms with E-state index in [1.807, 2.05) is 12.1 Å². The van der Waals surface area contributed by atoms with Crippen LogP contribution in [0.4, 0.5) is 0 Å². The van der Waals surface area contributed by atoms with Gasteiger partial charge in [0.05, 0.1) is 14.2 Å². The number of unbranched alkanes of at least 4 members (excludes halogenated alkanes) is 2. The zero-order valence-electron chi connectivity index (χ0n) is 15.2. The largest absolute Gasteiger partial charge is 0.493 e. The Bertz CT molecular complexity index is 687. The number of amides is 1. The first-order valence-electron chi connectivity index (χ1n) is 8.64. The number of benzene rings is 1. The fraction of sp³-hybridized carbons (Fsp3) is 0.474. The summed E-state index contributed by atoms with van der Waals surface area (Å²) in [5, 5.41) is 11.5. The normalized spacial score (nSPS) is 14.6. The first kappa shape index (κ1) is 20.2. The minimum atomic E-state index is -0.778. The number of carboxylic acid groups (broad SMARTS) is 1. The van der Waals surface area contributed by atoms with Gasteiger partial charge in [0, 0.05) is 29.7 Å². The SMILES string of the molecule is COc1cc2c(cc1OC)/C(=C/C(=O)NCCCCCC(=O)O)CCS2. The Morgan fingerprint density at radius 1 is 1.19 bits per heavy atom. The summed E-state index contributed by atoms with van der Waals surface area (Å²) in [6.07, 6.45) is 4.86. The second-order valence-electron chi connectivity index (χ2n) is 5.97. The molecule has 0 spiro atoms. The number of ether oxygens (including phenoxy) is 2. The number of carboxylic acids is 1. The third-order valence-corrected chi connectivity index (χ3v) is 5.19. The number of carbonyl (C=O) groups excluding carboxylic acids is 1. The van der Waals surface area contributed by atoms with Gasteiger partial charge in [0.15, 0.2) is 11.5 Å². The molecule has 2 N–H and O–H groups in total. The van der Waals surface area contributed by atoms with Crippen LogP contribution in [0.25, 0.3) is 5.57 Å². The van der Waals surface area contributed by atoms with Crippen LogP contribution in [0.3, 0.4) is 0 Å². The molecule has 1 aliphatic rings. The average molecular weight is 379 g/mol. The molecule has 142 valence electrons. The lowest BCUT2D eigenvalue weighted by molar-refractivity contribution is -0.137. The molecule has 1 aliphatic heterocycles. The number of allylic oxidation sites excluding steroid dienone is 1. The molecule has 0 unspecified atom stereocenters. The number of thioether (sulfide) groups is 1. The Hall–Kier alpha value is -2.15. The Kier molecular flexibility index (Phi) is 7.84. The molecule has 0 radical (unpaired) electrons. The molecule has 26 heavy (non-hydrogen) atoms. The van der Waals surface area contributed by atoms with Gasteiger partial charge in [-0.2, -0.15) is 0 Å². The highest BCUT2D eigenvalue weighted by Crippen LogP contribution is 2.42. The van der Waals surface area contributed by atoms with Crippen LogP contribution in [0, 0.1) is 0 Å². The molecule has 0 fully saturated rings. The standard InChI is InChI=1S/C19H25NO5S/c1-24-15-11-14-13(7-9-26-17(14)12-16(15)25-2)10-18(21)20-8-5-3-4-6-19(22)23/h10-12H,3-9H2,1-2H3,(H,20,21)(H,22,23)/b13-10+. The van der Waals surface area contributed by atoms with Crippen molar-refractivity contribution < 1.29 is 24.2 Å². The van der Waals surface area contributed by atoms with E-state index >= 15 is 0 Å². The highest BCUT2D eigenvalue weighted by molar-refractivity contribution is 7.99. The van der Waals surface area contributed by atoms with Crippen molar-refractivity contribution >= 4 is 29.2 Å². The van der Waals surface area contributed by atoms with Crippen LogP contribution in [0.1, 0.15) is 37.7 Å². The molecule has 0 saturated carbocycles. The lowest BCUT2D eigenvalue weighted by atomic mass is 10.0. The van der Waals surface area contributed by atoms with E-state index in [-0.39, 0.29) is 12.3 Å². The molecular weight excluding hydrogens is 354 g/mol. The maximum atomic E-state index is 12.2. The zero-order chi connectivity index (χ0) is 18.9. The van der Waals surface area contributed by atoms with Crippen molar-refractivity contribution in [2.24, 2.45) is 0 Å². The maximum Gasteiger partial charge on any atom is 0.303 e. The van der Waals surface area contributed by atoms with E-state index in [4.69, 9.17) is 14.6 Å². The number of nitrogens with one attached hydrogen (secondary N) is 1. The van der Waals surface area contributed by atoms with Crippen LogP contribution in [0.15, 0.2) is 23.1 Å². The number of rotatable bonds is 9. The van der Waals surface area contributed by atoms with Gasteiger partial charge in [-0.1, -0.05) is 6.42 Å². The summed E-state index contributed by atoms with van der Waals surface area (Å²) in [4.78, 5) is 23.7. The van der Waals surface area contributed by atoms with Crippen LogP contribution in [-0.4, -0.2) is 43.5 Å². The quantitative estimate of drug-likeness (QED) is 0.506. The number of hydrogen-bond acceptors (Lipinski definition) is 5. The van der Waals surface area contributed by atoms with E-state index in [1.165, 1.54) is 0 Å². The van der Waals surface area contributed by atoms with E-state index in [9.17, 15) is 9.59 Å². The number of methoxy groups -OCH3 is 2. The van der Waals surface area contributed by atoms with Gasteiger partial charge in [0.2, 0.25) is 5.91 Å². The third kappa shape index (κ3) is 5.69. The maximum absolute atomic E-state index is 12.2. The summed E-state index contributed by atoms with van der Waals surface area (Å²) in [5.41, 5.74) is 2.00. The Balaban J connectivity index is 1.97. The van der Waals surface area contributed by atoms with Gasteiger partial charge in [-0.15, -0.1) is 11.8 Å². The molecule has 6 nitrogen and oxygen atoms in total. The van der Waals surface area contributed by atoms with Gasteiger partial charge in [0.25, 0.3) is 0 Å². The molecule has 2 rings (SSSR count). The fourth-order valence-corrected chi connectivity index (χ4v) is 3.86. The van der Waals surface area contributed by atoms with Crippen molar-refractivity contribution in [1.82, 2.24) is 5.32 Å². The number of hydrogen-bond donors (Lipinski definition) is 2. The van der Waals surface area contributed by atoms with Gasteiger partial charge < -0.3 is 19.9 Å². The molecule has 0 bridgehead atoms. The van der Waals surface area contributed by atoms with E-state index in [0.717, 1.165) is 41.0 Å². The molecular formula is C19H25NO5S. The molecule has 0 aliphatic carbocycles. The summed E-state index contributed by atoms with van der Waals surface area (Å²) >= 11 is 1.74. The van der Waals surface area contributed by atoms with Crippen LogP contribution in [0.2, 0.25) is 0 Å². The number of carbonyl (C=O) groups is 2. The second-order valence-corrected chi connectivity index (χ2v) is 7.10. The topological polar surface area (TPSA) is 84.9 Å². The summed E-state index contributed by atoms with van der Waals surface area (Å²) in [6, 6.07) is 3.87.